The average molecular weight is 443 g/mol. The van der Waals surface area contributed by atoms with Gasteiger partial charge in [0.2, 0.25) is 11.0 Å². The first-order chi connectivity index (χ1) is 15.1. The van der Waals surface area contributed by atoms with E-state index in [1.165, 1.54) is 17.1 Å². The molecule has 3 heterocycles. The van der Waals surface area contributed by atoms with Crippen molar-refractivity contribution in [3.05, 3.63) is 41.7 Å². The summed E-state index contributed by atoms with van der Waals surface area (Å²) >= 11 is 1.41. The number of amides is 1. The normalized spacial score (nSPS) is 21.7. The molecule has 2 aliphatic heterocycles. The molecule has 0 bridgehead atoms. The first kappa shape index (κ1) is 21.7. The summed E-state index contributed by atoms with van der Waals surface area (Å²) in [5, 5.41) is 0.895. The van der Waals surface area contributed by atoms with Gasteiger partial charge in [-0.2, -0.15) is 4.37 Å². The molecule has 2 fully saturated rings. The van der Waals surface area contributed by atoms with E-state index in [-0.39, 0.29) is 23.7 Å². The molecule has 8 heteroatoms. The van der Waals surface area contributed by atoms with Crippen molar-refractivity contribution < 1.29 is 14.3 Å². The second-order valence-corrected chi connectivity index (χ2v) is 9.05. The number of hydrogen-bond donors (Lipinski definition) is 0. The molecule has 7 nitrogen and oxygen atoms in total. The van der Waals surface area contributed by atoms with Gasteiger partial charge >= 0.3 is 5.97 Å². The number of aromatic nitrogens is 2. The van der Waals surface area contributed by atoms with Crippen LogP contribution in [-0.4, -0.2) is 58.9 Å². The number of rotatable bonds is 6. The van der Waals surface area contributed by atoms with E-state index in [1.807, 2.05) is 30.0 Å². The van der Waals surface area contributed by atoms with Gasteiger partial charge in [0.1, 0.15) is 5.82 Å². The first-order valence-electron chi connectivity index (χ1n) is 11.2. The van der Waals surface area contributed by atoms with Crippen LogP contribution in [0.15, 0.2) is 30.3 Å². The maximum absolute atomic E-state index is 13.2. The van der Waals surface area contributed by atoms with Gasteiger partial charge in [-0.25, -0.2) is 4.98 Å². The summed E-state index contributed by atoms with van der Waals surface area (Å²) in [5.41, 5.74) is 1.19. The highest BCUT2D eigenvalue weighted by Gasteiger charge is 2.35. The van der Waals surface area contributed by atoms with Crippen LogP contribution in [-0.2, 0) is 20.7 Å². The predicted molar refractivity (Wildman–Crippen MR) is 120 cm³/mol. The van der Waals surface area contributed by atoms with Crippen LogP contribution in [0.5, 0.6) is 0 Å². The molecule has 0 saturated carbocycles. The molecule has 2 aliphatic rings. The van der Waals surface area contributed by atoms with Crippen molar-refractivity contribution in [2.75, 3.05) is 37.7 Å². The Morgan fingerprint density at radius 3 is 2.68 bits per heavy atom. The summed E-state index contributed by atoms with van der Waals surface area (Å²) in [5.74, 6) is 0.558. The molecule has 0 aliphatic carbocycles. The Kier molecular flexibility index (Phi) is 7.17. The van der Waals surface area contributed by atoms with Crippen LogP contribution in [0.25, 0.3) is 0 Å². The smallest absolute Gasteiger partial charge is 0.310 e. The fourth-order valence-electron chi connectivity index (χ4n) is 4.46. The number of nitrogens with zero attached hydrogens (tertiary/aromatic N) is 4. The predicted octanol–water partition coefficient (Wildman–Crippen LogP) is 3.15. The van der Waals surface area contributed by atoms with E-state index in [1.54, 1.807) is 0 Å². The largest absolute Gasteiger partial charge is 0.466 e. The Hall–Kier alpha value is -2.48. The lowest BCUT2D eigenvalue weighted by atomic mass is 9.93. The molecule has 0 radical (unpaired) electrons. The van der Waals surface area contributed by atoms with Crippen molar-refractivity contribution in [1.82, 2.24) is 14.3 Å². The molecule has 2 aromatic rings. The minimum atomic E-state index is -0.193. The number of hydrogen-bond acceptors (Lipinski definition) is 7. The number of carbonyl (C=O) groups excluding carboxylic acids is 2. The SMILES string of the molecule is CCOC(=O)C1CCCN(C(=O)C2CCCN(c3nc(Cc4ccccc4)ns3)C2)C1. The number of piperidine rings is 2. The molecule has 166 valence electrons. The van der Waals surface area contributed by atoms with E-state index in [0.717, 1.165) is 56.1 Å². The minimum Gasteiger partial charge on any atom is -0.466 e. The van der Waals surface area contributed by atoms with Crippen LogP contribution in [0.3, 0.4) is 0 Å². The molecular formula is C23H30N4O3S. The zero-order chi connectivity index (χ0) is 21.6. The first-order valence-corrected chi connectivity index (χ1v) is 12.0. The Bertz CT molecular complexity index is 888. The monoisotopic (exact) mass is 442 g/mol. The summed E-state index contributed by atoms with van der Waals surface area (Å²) in [7, 11) is 0. The molecule has 0 spiro atoms. The summed E-state index contributed by atoms with van der Waals surface area (Å²) in [6.07, 6.45) is 4.21. The number of benzene rings is 1. The molecule has 2 unspecified atom stereocenters. The minimum absolute atomic E-state index is 0.0591. The van der Waals surface area contributed by atoms with Crippen LogP contribution in [0, 0.1) is 11.8 Å². The quantitative estimate of drug-likeness (QED) is 0.640. The number of ether oxygens (including phenoxy) is 1. The fraction of sp³-hybridized carbons (Fsp3) is 0.565. The highest BCUT2D eigenvalue weighted by atomic mass is 32.1. The van der Waals surface area contributed by atoms with E-state index in [0.29, 0.717) is 19.7 Å². The van der Waals surface area contributed by atoms with Crippen LogP contribution in [0.4, 0.5) is 5.13 Å². The van der Waals surface area contributed by atoms with E-state index in [4.69, 9.17) is 9.72 Å². The van der Waals surface area contributed by atoms with Crippen molar-refractivity contribution in [3.63, 3.8) is 0 Å². The number of likely N-dealkylation sites (tertiary alicyclic amines) is 1. The molecule has 4 rings (SSSR count). The molecule has 31 heavy (non-hydrogen) atoms. The molecule has 0 N–H and O–H groups in total. The zero-order valence-corrected chi connectivity index (χ0v) is 18.9. The van der Waals surface area contributed by atoms with E-state index < -0.39 is 0 Å². The third-order valence-electron chi connectivity index (χ3n) is 6.06. The molecule has 1 amide bonds. The van der Waals surface area contributed by atoms with Crippen LogP contribution < -0.4 is 4.90 Å². The van der Waals surface area contributed by atoms with Crippen molar-refractivity contribution in [3.8, 4) is 0 Å². The Morgan fingerprint density at radius 2 is 1.87 bits per heavy atom. The molecule has 1 aromatic heterocycles. The van der Waals surface area contributed by atoms with Gasteiger partial charge in [-0.1, -0.05) is 30.3 Å². The highest BCUT2D eigenvalue weighted by Crippen LogP contribution is 2.28. The van der Waals surface area contributed by atoms with Crippen molar-refractivity contribution in [2.45, 2.75) is 39.0 Å². The lowest BCUT2D eigenvalue weighted by Crippen LogP contribution is -2.49. The van der Waals surface area contributed by atoms with Gasteiger partial charge < -0.3 is 14.5 Å². The standard InChI is InChI=1S/C23H30N4O3S/c1-2-30-22(29)19-11-7-12-26(16-19)21(28)18-10-6-13-27(15-18)23-24-20(25-31-23)14-17-8-4-3-5-9-17/h3-5,8-9,18-19H,2,6-7,10-16H2,1H3. The van der Waals surface area contributed by atoms with Gasteiger partial charge in [0.15, 0.2) is 0 Å². The fourth-order valence-corrected chi connectivity index (χ4v) is 5.18. The van der Waals surface area contributed by atoms with E-state index >= 15 is 0 Å². The second kappa shape index (κ2) is 10.2. The summed E-state index contributed by atoms with van der Waals surface area (Å²) < 4.78 is 9.71. The van der Waals surface area contributed by atoms with Crippen LogP contribution in [0.1, 0.15) is 44.0 Å². The number of carbonyl (C=O) groups is 2. The van der Waals surface area contributed by atoms with Crippen LogP contribution >= 0.6 is 11.5 Å². The van der Waals surface area contributed by atoms with E-state index in [9.17, 15) is 9.59 Å². The summed E-state index contributed by atoms with van der Waals surface area (Å²) in [6.45, 7) is 4.97. The Labute approximate surface area is 187 Å². The highest BCUT2D eigenvalue weighted by molar-refractivity contribution is 7.09. The topological polar surface area (TPSA) is 75.6 Å². The van der Waals surface area contributed by atoms with Gasteiger partial charge in [0, 0.05) is 44.1 Å². The molecular weight excluding hydrogens is 412 g/mol. The summed E-state index contributed by atoms with van der Waals surface area (Å²) in [4.78, 5) is 34.2. The van der Waals surface area contributed by atoms with Crippen molar-refractivity contribution in [1.29, 1.82) is 0 Å². The van der Waals surface area contributed by atoms with Crippen LogP contribution in [0.2, 0.25) is 0 Å². The maximum Gasteiger partial charge on any atom is 0.310 e. The Morgan fingerprint density at radius 1 is 1.10 bits per heavy atom. The average Bonchev–Trinajstić information content (AvgIpc) is 3.28. The van der Waals surface area contributed by atoms with Crippen molar-refractivity contribution in [2.24, 2.45) is 11.8 Å². The number of esters is 1. The second-order valence-electron chi connectivity index (χ2n) is 8.32. The van der Waals surface area contributed by atoms with Gasteiger partial charge in [0.25, 0.3) is 0 Å². The van der Waals surface area contributed by atoms with Crippen molar-refractivity contribution >= 4 is 28.5 Å². The van der Waals surface area contributed by atoms with Gasteiger partial charge in [-0.05, 0) is 38.2 Å². The maximum atomic E-state index is 13.2. The summed E-state index contributed by atoms with van der Waals surface area (Å²) in [6, 6.07) is 10.2. The molecule has 1 aromatic carbocycles. The van der Waals surface area contributed by atoms with Gasteiger partial charge in [-0.15, -0.1) is 0 Å². The lowest BCUT2D eigenvalue weighted by Gasteiger charge is -2.37. The molecule has 2 atom stereocenters. The van der Waals surface area contributed by atoms with Gasteiger partial charge in [-0.3, -0.25) is 9.59 Å². The number of anilines is 1. The van der Waals surface area contributed by atoms with Gasteiger partial charge in [0.05, 0.1) is 18.4 Å². The lowest BCUT2D eigenvalue weighted by molar-refractivity contribution is -0.152. The third-order valence-corrected chi connectivity index (χ3v) is 6.87. The zero-order valence-electron chi connectivity index (χ0n) is 18.0. The Balaban J connectivity index is 1.36. The third kappa shape index (κ3) is 5.42. The van der Waals surface area contributed by atoms with E-state index in [2.05, 4.69) is 21.4 Å². The molecule has 2 saturated heterocycles.